The zero-order valence-corrected chi connectivity index (χ0v) is 10.3. The van der Waals surface area contributed by atoms with Gasteiger partial charge in [-0.3, -0.25) is 0 Å². The van der Waals surface area contributed by atoms with Crippen molar-refractivity contribution >= 4 is 21.6 Å². The van der Waals surface area contributed by atoms with E-state index in [2.05, 4.69) is 25.3 Å². The minimum atomic E-state index is -3.99. The third-order valence-electron chi connectivity index (χ3n) is 1.99. The molecule has 0 saturated carbocycles. The molecule has 10 heteroatoms. The van der Waals surface area contributed by atoms with Crippen LogP contribution in [0.25, 0.3) is 0 Å². The fourth-order valence-electron chi connectivity index (χ4n) is 1.19. The lowest BCUT2D eigenvalue weighted by atomic mass is 10.3. The monoisotopic (exact) mass is 291 g/mol. The second-order valence-corrected chi connectivity index (χ2v) is 5.40. The van der Waals surface area contributed by atoms with Gasteiger partial charge in [0, 0.05) is 5.02 Å². The van der Waals surface area contributed by atoms with Crippen LogP contribution in [0.4, 0.5) is 4.39 Å². The molecule has 0 radical (unpaired) electrons. The van der Waals surface area contributed by atoms with Crippen LogP contribution in [0.2, 0.25) is 5.02 Å². The number of H-pyrrole nitrogens is 1. The van der Waals surface area contributed by atoms with Crippen molar-refractivity contribution in [2.45, 2.75) is 11.4 Å². The van der Waals surface area contributed by atoms with E-state index in [9.17, 15) is 12.8 Å². The Kier molecular flexibility index (Phi) is 3.55. The van der Waals surface area contributed by atoms with Gasteiger partial charge in [-0.1, -0.05) is 16.8 Å². The molecular formula is C8H7ClFN5O2S. The van der Waals surface area contributed by atoms with Crippen LogP contribution in [0.5, 0.6) is 0 Å². The molecular weight excluding hydrogens is 285 g/mol. The number of benzene rings is 1. The molecule has 0 unspecified atom stereocenters. The molecule has 1 aromatic carbocycles. The van der Waals surface area contributed by atoms with Crippen molar-refractivity contribution in [3.05, 3.63) is 34.9 Å². The molecule has 0 bridgehead atoms. The second kappa shape index (κ2) is 4.96. The summed E-state index contributed by atoms with van der Waals surface area (Å²) in [5, 5.41) is 12.7. The minimum Gasteiger partial charge on any atom is -0.207 e. The normalized spacial score (nSPS) is 11.7. The van der Waals surface area contributed by atoms with Crippen LogP contribution in [0, 0.1) is 5.82 Å². The Hall–Kier alpha value is -1.58. The van der Waals surface area contributed by atoms with E-state index in [-0.39, 0.29) is 17.4 Å². The van der Waals surface area contributed by atoms with Gasteiger partial charge in [0.1, 0.15) is 10.7 Å². The van der Waals surface area contributed by atoms with Crippen LogP contribution in [-0.4, -0.2) is 29.0 Å². The van der Waals surface area contributed by atoms with Crippen molar-refractivity contribution in [2.75, 3.05) is 0 Å². The SMILES string of the molecule is O=S(=O)(NCc1nn[nH]n1)c1ccc(Cl)cc1F. The lowest BCUT2D eigenvalue weighted by molar-refractivity contribution is 0.555. The minimum absolute atomic E-state index is 0.115. The molecule has 0 amide bonds. The third kappa shape index (κ3) is 2.81. The quantitative estimate of drug-likeness (QED) is 0.853. The highest BCUT2D eigenvalue weighted by molar-refractivity contribution is 7.89. The van der Waals surface area contributed by atoms with Crippen LogP contribution < -0.4 is 4.72 Å². The number of aromatic nitrogens is 4. The number of halogens is 2. The van der Waals surface area contributed by atoms with Gasteiger partial charge in [-0.25, -0.2) is 17.5 Å². The number of aromatic amines is 1. The van der Waals surface area contributed by atoms with E-state index < -0.39 is 20.7 Å². The predicted octanol–water partition coefficient (Wildman–Crippen LogP) is 0.471. The summed E-state index contributed by atoms with van der Waals surface area (Å²) in [6.45, 7) is -0.194. The second-order valence-electron chi connectivity index (χ2n) is 3.23. The number of rotatable bonds is 4. The van der Waals surface area contributed by atoms with Crippen molar-refractivity contribution < 1.29 is 12.8 Å². The maximum absolute atomic E-state index is 13.5. The number of nitrogens with zero attached hydrogens (tertiary/aromatic N) is 3. The molecule has 2 rings (SSSR count). The first kappa shape index (κ1) is 12.9. The molecule has 0 aliphatic rings. The van der Waals surface area contributed by atoms with E-state index in [0.717, 1.165) is 12.1 Å². The van der Waals surface area contributed by atoms with Gasteiger partial charge in [-0.2, -0.15) is 5.21 Å². The average molecular weight is 292 g/mol. The molecule has 2 N–H and O–H groups in total. The smallest absolute Gasteiger partial charge is 0.207 e. The first-order valence-electron chi connectivity index (χ1n) is 4.66. The van der Waals surface area contributed by atoms with Crippen molar-refractivity contribution in [1.29, 1.82) is 0 Å². The summed E-state index contributed by atoms with van der Waals surface area (Å²) < 4.78 is 39.2. The van der Waals surface area contributed by atoms with Gasteiger partial charge in [0.05, 0.1) is 6.54 Å². The van der Waals surface area contributed by atoms with Crippen LogP contribution >= 0.6 is 11.6 Å². The Bertz CT molecular complexity index is 646. The maximum atomic E-state index is 13.5. The molecule has 0 spiro atoms. The lowest BCUT2D eigenvalue weighted by Gasteiger charge is -2.05. The van der Waals surface area contributed by atoms with Gasteiger partial charge in [-0.15, -0.1) is 10.2 Å². The molecule has 1 heterocycles. The predicted molar refractivity (Wildman–Crippen MR) is 59.6 cm³/mol. The fourth-order valence-corrected chi connectivity index (χ4v) is 2.38. The van der Waals surface area contributed by atoms with Gasteiger partial charge in [0.15, 0.2) is 5.82 Å². The number of tetrazole rings is 1. The maximum Gasteiger partial charge on any atom is 0.243 e. The molecule has 0 saturated heterocycles. The number of nitrogens with one attached hydrogen (secondary N) is 2. The Balaban J connectivity index is 2.20. The van der Waals surface area contributed by atoms with E-state index in [1.807, 2.05) is 0 Å². The lowest BCUT2D eigenvalue weighted by Crippen LogP contribution is -2.24. The molecule has 0 aliphatic heterocycles. The highest BCUT2D eigenvalue weighted by atomic mass is 35.5. The molecule has 0 fully saturated rings. The van der Waals surface area contributed by atoms with Gasteiger partial charge in [0.2, 0.25) is 10.0 Å². The van der Waals surface area contributed by atoms with E-state index in [4.69, 9.17) is 11.6 Å². The van der Waals surface area contributed by atoms with Gasteiger partial charge in [0.25, 0.3) is 0 Å². The summed E-state index contributed by atoms with van der Waals surface area (Å²) in [6, 6.07) is 3.29. The molecule has 1 aromatic heterocycles. The first-order chi connectivity index (χ1) is 8.49. The zero-order chi connectivity index (χ0) is 13.2. The Labute approximate surface area is 106 Å². The largest absolute Gasteiger partial charge is 0.243 e. The van der Waals surface area contributed by atoms with Crippen LogP contribution in [0.1, 0.15) is 5.82 Å². The van der Waals surface area contributed by atoms with Gasteiger partial charge >= 0.3 is 0 Å². The van der Waals surface area contributed by atoms with E-state index in [1.54, 1.807) is 0 Å². The molecule has 2 aromatic rings. The number of hydrogen-bond donors (Lipinski definition) is 2. The summed E-state index contributed by atoms with van der Waals surface area (Å²) in [6.07, 6.45) is 0. The molecule has 0 aliphatic carbocycles. The van der Waals surface area contributed by atoms with Crippen molar-refractivity contribution in [1.82, 2.24) is 25.3 Å². The number of sulfonamides is 1. The van der Waals surface area contributed by atoms with Crippen molar-refractivity contribution in [3.63, 3.8) is 0 Å². The number of hydrogen-bond acceptors (Lipinski definition) is 5. The molecule has 0 atom stereocenters. The van der Waals surface area contributed by atoms with Crippen LogP contribution in [-0.2, 0) is 16.6 Å². The molecule has 96 valence electrons. The first-order valence-corrected chi connectivity index (χ1v) is 6.52. The fraction of sp³-hybridized carbons (Fsp3) is 0.125. The van der Waals surface area contributed by atoms with E-state index in [1.165, 1.54) is 6.07 Å². The Morgan fingerprint density at radius 3 is 2.83 bits per heavy atom. The highest BCUT2D eigenvalue weighted by Crippen LogP contribution is 2.18. The van der Waals surface area contributed by atoms with Crippen LogP contribution in [0.15, 0.2) is 23.1 Å². The molecule has 7 nitrogen and oxygen atoms in total. The Morgan fingerprint density at radius 2 is 2.22 bits per heavy atom. The molecule has 18 heavy (non-hydrogen) atoms. The zero-order valence-electron chi connectivity index (χ0n) is 8.76. The standard InChI is InChI=1S/C8H7ClFN5O2S/c9-5-1-2-7(6(10)3-5)18(16,17)11-4-8-12-14-15-13-8/h1-3,11H,4H2,(H,12,13,14,15). The topological polar surface area (TPSA) is 101 Å². The summed E-state index contributed by atoms with van der Waals surface area (Å²) in [5.74, 6) is -0.781. The summed E-state index contributed by atoms with van der Waals surface area (Å²) in [4.78, 5) is -0.490. The van der Waals surface area contributed by atoms with Crippen molar-refractivity contribution in [2.24, 2.45) is 0 Å². The van der Waals surface area contributed by atoms with Gasteiger partial charge in [-0.05, 0) is 18.2 Å². The van der Waals surface area contributed by atoms with Gasteiger partial charge < -0.3 is 0 Å². The third-order valence-corrected chi connectivity index (χ3v) is 3.66. The van der Waals surface area contributed by atoms with E-state index >= 15 is 0 Å². The van der Waals surface area contributed by atoms with E-state index in [0.29, 0.717) is 0 Å². The Morgan fingerprint density at radius 1 is 1.44 bits per heavy atom. The average Bonchev–Trinajstić information content (AvgIpc) is 2.78. The summed E-state index contributed by atoms with van der Waals surface area (Å²) >= 11 is 5.54. The summed E-state index contributed by atoms with van der Waals surface area (Å²) in [5.41, 5.74) is 0. The highest BCUT2D eigenvalue weighted by Gasteiger charge is 2.19. The van der Waals surface area contributed by atoms with Crippen molar-refractivity contribution in [3.8, 4) is 0 Å². The van der Waals surface area contributed by atoms with Crippen LogP contribution in [0.3, 0.4) is 0 Å². The summed E-state index contributed by atoms with van der Waals surface area (Å²) in [7, 11) is -3.99.